The van der Waals surface area contributed by atoms with E-state index in [2.05, 4.69) is 36.6 Å². The lowest BCUT2D eigenvalue weighted by Gasteiger charge is -2.08. The van der Waals surface area contributed by atoms with Crippen molar-refractivity contribution in [1.29, 1.82) is 0 Å². The molecule has 0 aliphatic heterocycles. The van der Waals surface area contributed by atoms with Gasteiger partial charge in [-0.1, -0.05) is 19.1 Å². The number of hydrogen-bond acceptors (Lipinski definition) is 7. The van der Waals surface area contributed by atoms with Crippen LogP contribution in [0.15, 0.2) is 69.7 Å². The second kappa shape index (κ2) is 7.05. The summed E-state index contributed by atoms with van der Waals surface area (Å²) in [6, 6.07) is 11.7. The first kappa shape index (κ1) is 16.9. The van der Waals surface area contributed by atoms with Gasteiger partial charge >= 0.3 is 0 Å². The molecule has 0 N–H and O–H groups in total. The Morgan fingerprint density at radius 2 is 1.89 bits per heavy atom. The lowest BCUT2D eigenvalue weighted by molar-refractivity contribution is 0.624. The third-order valence-electron chi connectivity index (χ3n) is 4.42. The van der Waals surface area contributed by atoms with Gasteiger partial charge in [-0.05, 0) is 42.4 Å². The lowest BCUT2D eigenvalue weighted by atomic mass is 10.2. The van der Waals surface area contributed by atoms with Crippen molar-refractivity contribution in [2.45, 2.75) is 30.1 Å². The van der Waals surface area contributed by atoms with Crippen LogP contribution < -0.4 is 0 Å². The Bertz CT molecular complexity index is 1260. The standard InChI is InChI=1S/C20H16N6OS/c1-2-11-26-18(13-7-9-21-10-8-13)24-25-20(26)28-19-17-16(22-12-23-19)14-5-3-4-6-15(14)27-17/h3-10,12H,2,11H2,1H3. The first-order valence-corrected chi connectivity index (χ1v) is 9.80. The fourth-order valence-electron chi connectivity index (χ4n) is 3.17. The molecule has 0 saturated carbocycles. The third kappa shape index (κ3) is 2.82. The molecule has 1 aromatic carbocycles. The second-order valence-corrected chi connectivity index (χ2v) is 7.21. The molecule has 28 heavy (non-hydrogen) atoms. The van der Waals surface area contributed by atoms with E-state index in [0.717, 1.165) is 51.0 Å². The summed E-state index contributed by atoms with van der Waals surface area (Å²) in [4.78, 5) is 12.9. The maximum Gasteiger partial charge on any atom is 0.197 e. The molecule has 0 amide bonds. The first-order valence-electron chi connectivity index (χ1n) is 8.99. The Kier molecular flexibility index (Phi) is 4.25. The molecule has 0 radical (unpaired) electrons. The van der Waals surface area contributed by atoms with Gasteiger partial charge in [0, 0.05) is 29.9 Å². The number of hydrogen-bond donors (Lipinski definition) is 0. The van der Waals surface area contributed by atoms with E-state index in [1.54, 1.807) is 18.7 Å². The Balaban J connectivity index is 1.61. The summed E-state index contributed by atoms with van der Waals surface area (Å²) in [5.74, 6) is 0.821. The summed E-state index contributed by atoms with van der Waals surface area (Å²) < 4.78 is 8.14. The molecule has 4 heterocycles. The molecule has 8 heteroatoms. The van der Waals surface area contributed by atoms with E-state index >= 15 is 0 Å². The summed E-state index contributed by atoms with van der Waals surface area (Å²) in [6.07, 6.45) is 6.05. The quantitative estimate of drug-likeness (QED) is 0.407. The van der Waals surface area contributed by atoms with E-state index in [-0.39, 0.29) is 0 Å². The highest BCUT2D eigenvalue weighted by Gasteiger charge is 2.19. The molecule has 0 aliphatic carbocycles. The highest BCUT2D eigenvalue weighted by Crippen LogP contribution is 2.36. The number of para-hydroxylation sites is 1. The van der Waals surface area contributed by atoms with Crippen LogP contribution in [0.5, 0.6) is 0 Å². The van der Waals surface area contributed by atoms with Gasteiger partial charge in [-0.15, -0.1) is 10.2 Å². The van der Waals surface area contributed by atoms with Crippen molar-refractivity contribution in [3.63, 3.8) is 0 Å². The largest absolute Gasteiger partial charge is 0.451 e. The van der Waals surface area contributed by atoms with Crippen molar-refractivity contribution >= 4 is 33.8 Å². The number of aromatic nitrogens is 6. The summed E-state index contributed by atoms with van der Waals surface area (Å²) in [5.41, 5.74) is 3.26. The molecule has 0 atom stereocenters. The van der Waals surface area contributed by atoms with Crippen molar-refractivity contribution in [2.24, 2.45) is 0 Å². The summed E-state index contributed by atoms with van der Waals surface area (Å²) in [5, 5.41) is 11.3. The normalized spacial score (nSPS) is 11.5. The molecule has 138 valence electrons. The topological polar surface area (TPSA) is 82.5 Å². The molecular formula is C20H16N6OS. The van der Waals surface area contributed by atoms with E-state index in [1.165, 1.54) is 11.8 Å². The molecule has 4 aromatic heterocycles. The maximum absolute atomic E-state index is 6.04. The van der Waals surface area contributed by atoms with Gasteiger partial charge in [0.1, 0.15) is 17.4 Å². The Labute approximate surface area is 164 Å². The molecular weight excluding hydrogens is 372 g/mol. The van der Waals surface area contributed by atoms with Gasteiger partial charge in [0.2, 0.25) is 0 Å². The number of nitrogens with zero attached hydrogens (tertiary/aromatic N) is 6. The summed E-state index contributed by atoms with van der Waals surface area (Å²) in [7, 11) is 0. The van der Waals surface area contributed by atoms with E-state index in [9.17, 15) is 0 Å². The monoisotopic (exact) mass is 388 g/mol. The van der Waals surface area contributed by atoms with Gasteiger partial charge in [-0.25, -0.2) is 9.97 Å². The second-order valence-electron chi connectivity index (χ2n) is 6.25. The van der Waals surface area contributed by atoms with Crippen LogP contribution in [-0.2, 0) is 6.54 Å². The van der Waals surface area contributed by atoms with Gasteiger partial charge in [0.05, 0.1) is 0 Å². The zero-order chi connectivity index (χ0) is 18.9. The van der Waals surface area contributed by atoms with Gasteiger partial charge < -0.3 is 8.98 Å². The summed E-state index contributed by atoms with van der Waals surface area (Å²) in [6.45, 7) is 2.94. The van der Waals surface area contributed by atoms with Gasteiger partial charge in [-0.2, -0.15) is 0 Å². The zero-order valence-electron chi connectivity index (χ0n) is 15.1. The molecule has 0 spiro atoms. The van der Waals surface area contributed by atoms with Crippen molar-refractivity contribution in [1.82, 2.24) is 29.7 Å². The Morgan fingerprint density at radius 1 is 1.04 bits per heavy atom. The zero-order valence-corrected chi connectivity index (χ0v) is 15.9. The molecule has 0 fully saturated rings. The molecule has 5 rings (SSSR count). The van der Waals surface area contributed by atoms with Crippen molar-refractivity contribution in [3.05, 3.63) is 55.1 Å². The van der Waals surface area contributed by atoms with E-state index in [0.29, 0.717) is 5.58 Å². The minimum atomic E-state index is 0.671. The van der Waals surface area contributed by atoms with Crippen LogP contribution in [0.2, 0.25) is 0 Å². The predicted molar refractivity (Wildman–Crippen MR) is 107 cm³/mol. The molecule has 0 bridgehead atoms. The fourth-order valence-corrected chi connectivity index (χ4v) is 4.04. The van der Waals surface area contributed by atoms with Gasteiger partial charge in [-0.3, -0.25) is 4.98 Å². The van der Waals surface area contributed by atoms with Gasteiger partial charge in [0.25, 0.3) is 0 Å². The Hall–Kier alpha value is -3.26. The SMILES string of the molecule is CCCn1c(Sc2ncnc3c2oc2ccccc23)nnc1-c1ccncc1. The smallest absolute Gasteiger partial charge is 0.197 e. The highest BCUT2D eigenvalue weighted by atomic mass is 32.2. The molecule has 0 aliphatic rings. The molecule has 0 saturated heterocycles. The number of benzene rings is 1. The van der Waals surface area contributed by atoms with Crippen LogP contribution >= 0.6 is 11.8 Å². The molecule has 0 unspecified atom stereocenters. The minimum absolute atomic E-state index is 0.671. The lowest BCUT2D eigenvalue weighted by Crippen LogP contribution is -2.02. The van der Waals surface area contributed by atoms with Crippen LogP contribution in [0.1, 0.15) is 13.3 Å². The number of fused-ring (bicyclic) bond motifs is 3. The molecule has 5 aromatic rings. The van der Waals surface area contributed by atoms with E-state index in [1.807, 2.05) is 36.4 Å². The van der Waals surface area contributed by atoms with Crippen molar-refractivity contribution < 1.29 is 4.42 Å². The maximum atomic E-state index is 6.04. The number of pyridine rings is 1. The predicted octanol–water partition coefficient (Wildman–Crippen LogP) is 4.59. The molecule has 7 nitrogen and oxygen atoms in total. The average molecular weight is 388 g/mol. The average Bonchev–Trinajstić information content (AvgIpc) is 3.31. The minimum Gasteiger partial charge on any atom is -0.451 e. The highest BCUT2D eigenvalue weighted by molar-refractivity contribution is 7.99. The number of furan rings is 1. The Morgan fingerprint density at radius 3 is 2.75 bits per heavy atom. The van der Waals surface area contributed by atoms with Crippen LogP contribution in [-0.4, -0.2) is 29.7 Å². The van der Waals surface area contributed by atoms with Crippen molar-refractivity contribution in [2.75, 3.05) is 0 Å². The van der Waals surface area contributed by atoms with E-state index in [4.69, 9.17) is 4.42 Å². The third-order valence-corrected chi connectivity index (χ3v) is 5.38. The number of rotatable bonds is 5. The summed E-state index contributed by atoms with van der Waals surface area (Å²) >= 11 is 1.44. The van der Waals surface area contributed by atoms with Crippen LogP contribution in [0.3, 0.4) is 0 Å². The van der Waals surface area contributed by atoms with Gasteiger partial charge in [0.15, 0.2) is 21.6 Å². The van der Waals surface area contributed by atoms with Crippen LogP contribution in [0, 0.1) is 0 Å². The first-order chi connectivity index (χ1) is 13.8. The van der Waals surface area contributed by atoms with E-state index < -0.39 is 0 Å². The fraction of sp³-hybridized carbons (Fsp3) is 0.150. The van der Waals surface area contributed by atoms with Crippen molar-refractivity contribution in [3.8, 4) is 11.4 Å². The van der Waals surface area contributed by atoms with Crippen LogP contribution in [0.25, 0.3) is 33.5 Å². The van der Waals surface area contributed by atoms with Crippen LogP contribution in [0.4, 0.5) is 0 Å².